The molecule has 0 saturated carbocycles. The van der Waals surface area contributed by atoms with Crippen LogP contribution in [0, 0.1) is 0 Å². The molecule has 0 saturated heterocycles. The van der Waals surface area contributed by atoms with E-state index in [9.17, 15) is 13.2 Å². The van der Waals surface area contributed by atoms with Crippen molar-refractivity contribution in [1.82, 2.24) is 14.8 Å². The third kappa shape index (κ3) is 5.38. The van der Waals surface area contributed by atoms with Crippen LogP contribution in [0.4, 0.5) is 11.6 Å². The van der Waals surface area contributed by atoms with Crippen molar-refractivity contribution in [2.24, 2.45) is 0 Å². The minimum atomic E-state index is -3.51. The van der Waals surface area contributed by atoms with Gasteiger partial charge in [0.2, 0.25) is 16.0 Å². The standard InChI is InChI=1S/C17H16BrN5O3S/c1-27(25,26)22-15-5-3-2-4-14(15)16(24)20-17-19-11-23(21-17)10-12-6-8-13(18)9-7-12/h2-9,11,22H,10H2,1H3,(H,20,21,24). The second-order valence-electron chi connectivity index (χ2n) is 5.77. The van der Waals surface area contributed by atoms with Gasteiger partial charge in [-0.3, -0.25) is 14.8 Å². The number of hydrogen-bond donors (Lipinski definition) is 2. The van der Waals surface area contributed by atoms with Gasteiger partial charge in [-0.1, -0.05) is 40.2 Å². The zero-order chi connectivity index (χ0) is 19.4. The molecular weight excluding hydrogens is 434 g/mol. The number of hydrogen-bond acceptors (Lipinski definition) is 5. The average molecular weight is 450 g/mol. The molecule has 0 atom stereocenters. The van der Waals surface area contributed by atoms with Gasteiger partial charge in [0.25, 0.3) is 5.91 Å². The largest absolute Gasteiger partial charge is 0.289 e. The average Bonchev–Trinajstić information content (AvgIpc) is 3.03. The highest BCUT2D eigenvalue weighted by Crippen LogP contribution is 2.17. The maximum Gasteiger partial charge on any atom is 0.260 e. The zero-order valence-electron chi connectivity index (χ0n) is 14.3. The molecule has 1 aromatic heterocycles. The molecular formula is C17H16BrN5O3S. The van der Waals surface area contributed by atoms with Crippen molar-refractivity contribution in [1.29, 1.82) is 0 Å². The summed E-state index contributed by atoms with van der Waals surface area (Å²) < 4.78 is 27.8. The molecule has 0 unspecified atom stereocenters. The second-order valence-corrected chi connectivity index (χ2v) is 8.43. The third-order valence-corrected chi connectivity index (χ3v) is 4.61. The van der Waals surface area contributed by atoms with Gasteiger partial charge >= 0.3 is 0 Å². The van der Waals surface area contributed by atoms with Gasteiger partial charge in [-0.05, 0) is 29.8 Å². The lowest BCUT2D eigenvalue weighted by atomic mass is 10.2. The van der Waals surface area contributed by atoms with Gasteiger partial charge in [0.15, 0.2) is 0 Å². The quantitative estimate of drug-likeness (QED) is 0.601. The maximum absolute atomic E-state index is 12.5. The van der Waals surface area contributed by atoms with Gasteiger partial charge in [0, 0.05) is 4.47 Å². The number of sulfonamides is 1. The van der Waals surface area contributed by atoms with E-state index in [1.54, 1.807) is 16.8 Å². The first-order chi connectivity index (χ1) is 12.8. The first-order valence-corrected chi connectivity index (χ1v) is 10.5. The minimum absolute atomic E-state index is 0.131. The third-order valence-electron chi connectivity index (χ3n) is 3.49. The first-order valence-electron chi connectivity index (χ1n) is 7.82. The molecule has 0 aliphatic carbocycles. The summed E-state index contributed by atoms with van der Waals surface area (Å²) in [6, 6.07) is 14.1. The number of anilines is 2. The highest BCUT2D eigenvalue weighted by atomic mass is 79.9. The number of nitrogens with zero attached hydrogens (tertiary/aromatic N) is 3. The van der Waals surface area contributed by atoms with Crippen molar-refractivity contribution in [3.63, 3.8) is 0 Å². The van der Waals surface area contributed by atoms with Crippen LogP contribution in [0.2, 0.25) is 0 Å². The monoisotopic (exact) mass is 449 g/mol. The van der Waals surface area contributed by atoms with E-state index in [0.29, 0.717) is 6.54 Å². The van der Waals surface area contributed by atoms with Crippen LogP contribution in [0.5, 0.6) is 0 Å². The van der Waals surface area contributed by atoms with Crippen molar-refractivity contribution >= 4 is 43.5 Å². The van der Waals surface area contributed by atoms with Crippen molar-refractivity contribution in [2.45, 2.75) is 6.54 Å². The SMILES string of the molecule is CS(=O)(=O)Nc1ccccc1C(=O)Nc1ncn(Cc2ccc(Br)cc2)n1. The fourth-order valence-corrected chi connectivity index (χ4v) is 3.19. The lowest BCUT2D eigenvalue weighted by molar-refractivity contribution is 0.102. The van der Waals surface area contributed by atoms with Crippen LogP contribution in [-0.2, 0) is 16.6 Å². The predicted octanol–water partition coefficient (Wildman–Crippen LogP) is 2.71. The Kier molecular flexibility index (Phi) is 5.57. The van der Waals surface area contributed by atoms with Crippen molar-refractivity contribution in [3.8, 4) is 0 Å². The van der Waals surface area contributed by atoms with Gasteiger partial charge in [0.1, 0.15) is 6.33 Å². The highest BCUT2D eigenvalue weighted by molar-refractivity contribution is 9.10. The first kappa shape index (κ1) is 19.1. The van der Waals surface area contributed by atoms with Crippen LogP contribution in [0.25, 0.3) is 0 Å². The number of aromatic nitrogens is 3. The van der Waals surface area contributed by atoms with Crippen molar-refractivity contribution in [3.05, 3.63) is 70.5 Å². The Morgan fingerprint density at radius 2 is 1.85 bits per heavy atom. The summed E-state index contributed by atoms with van der Waals surface area (Å²) in [5.41, 5.74) is 1.39. The number of para-hydroxylation sites is 1. The van der Waals surface area contributed by atoms with E-state index < -0.39 is 15.9 Å². The number of halogens is 1. The van der Waals surface area contributed by atoms with E-state index in [2.05, 4.69) is 36.1 Å². The fourth-order valence-electron chi connectivity index (χ4n) is 2.34. The molecule has 10 heteroatoms. The molecule has 0 aliphatic rings. The number of carbonyl (C=O) groups excluding carboxylic acids is 1. The molecule has 0 spiro atoms. The Labute approximate surface area is 164 Å². The Balaban J connectivity index is 1.72. The van der Waals surface area contributed by atoms with E-state index in [0.717, 1.165) is 16.3 Å². The van der Waals surface area contributed by atoms with Crippen LogP contribution < -0.4 is 10.0 Å². The molecule has 3 rings (SSSR count). The minimum Gasteiger partial charge on any atom is -0.289 e. The fraction of sp³-hybridized carbons (Fsp3) is 0.118. The summed E-state index contributed by atoms with van der Waals surface area (Å²) in [5.74, 6) is -0.380. The van der Waals surface area contributed by atoms with Crippen molar-refractivity contribution < 1.29 is 13.2 Å². The van der Waals surface area contributed by atoms with Crippen LogP contribution >= 0.6 is 15.9 Å². The van der Waals surface area contributed by atoms with E-state index in [4.69, 9.17) is 0 Å². The molecule has 1 heterocycles. The van der Waals surface area contributed by atoms with Gasteiger partial charge in [0.05, 0.1) is 24.1 Å². The topological polar surface area (TPSA) is 106 Å². The van der Waals surface area contributed by atoms with Gasteiger partial charge in [-0.2, -0.15) is 0 Å². The zero-order valence-corrected chi connectivity index (χ0v) is 16.7. The molecule has 0 fully saturated rings. The normalized spacial score (nSPS) is 11.2. The van der Waals surface area contributed by atoms with Gasteiger partial charge in [-0.25, -0.2) is 18.1 Å². The number of rotatable bonds is 6. The van der Waals surface area contributed by atoms with Crippen molar-refractivity contribution in [2.75, 3.05) is 16.3 Å². The summed E-state index contributed by atoms with van der Waals surface area (Å²) in [5, 5.41) is 6.80. The number of amides is 1. The van der Waals surface area contributed by atoms with Gasteiger partial charge < -0.3 is 0 Å². The molecule has 2 N–H and O–H groups in total. The second kappa shape index (κ2) is 7.89. The molecule has 27 heavy (non-hydrogen) atoms. The molecule has 3 aromatic rings. The van der Waals surface area contributed by atoms with Crippen LogP contribution in [0.1, 0.15) is 15.9 Å². The summed E-state index contributed by atoms with van der Waals surface area (Å²) in [6.45, 7) is 0.502. The summed E-state index contributed by atoms with van der Waals surface area (Å²) in [4.78, 5) is 16.6. The highest BCUT2D eigenvalue weighted by Gasteiger charge is 2.15. The Bertz CT molecular complexity index is 1060. The molecule has 140 valence electrons. The Morgan fingerprint density at radius 3 is 2.56 bits per heavy atom. The number of benzene rings is 2. The molecule has 1 amide bonds. The summed E-state index contributed by atoms with van der Waals surface area (Å²) in [7, 11) is -3.51. The molecule has 0 radical (unpaired) electrons. The van der Waals surface area contributed by atoms with E-state index in [-0.39, 0.29) is 17.2 Å². The molecule has 2 aromatic carbocycles. The summed E-state index contributed by atoms with van der Waals surface area (Å²) in [6.07, 6.45) is 2.53. The smallest absolute Gasteiger partial charge is 0.260 e. The molecule has 0 bridgehead atoms. The van der Waals surface area contributed by atoms with E-state index >= 15 is 0 Å². The number of nitrogens with one attached hydrogen (secondary N) is 2. The number of carbonyl (C=O) groups is 1. The van der Waals surface area contributed by atoms with E-state index in [1.807, 2.05) is 24.3 Å². The molecule has 8 nitrogen and oxygen atoms in total. The van der Waals surface area contributed by atoms with Crippen LogP contribution in [0.15, 0.2) is 59.3 Å². The van der Waals surface area contributed by atoms with Crippen LogP contribution in [-0.4, -0.2) is 35.3 Å². The van der Waals surface area contributed by atoms with E-state index in [1.165, 1.54) is 18.5 Å². The lowest BCUT2D eigenvalue weighted by Gasteiger charge is -2.09. The Hall–Kier alpha value is -2.72. The van der Waals surface area contributed by atoms with Crippen LogP contribution in [0.3, 0.4) is 0 Å². The van der Waals surface area contributed by atoms with Gasteiger partial charge in [-0.15, -0.1) is 5.10 Å². The predicted molar refractivity (Wildman–Crippen MR) is 106 cm³/mol. The Morgan fingerprint density at radius 1 is 1.15 bits per heavy atom. The summed E-state index contributed by atoms with van der Waals surface area (Å²) >= 11 is 3.38. The maximum atomic E-state index is 12.5. The molecule has 0 aliphatic heterocycles. The lowest BCUT2D eigenvalue weighted by Crippen LogP contribution is -2.18.